The van der Waals surface area contributed by atoms with Gasteiger partial charge in [0.1, 0.15) is 0 Å². The van der Waals surface area contributed by atoms with E-state index in [0.29, 0.717) is 12.1 Å². The van der Waals surface area contributed by atoms with Crippen molar-refractivity contribution in [3.63, 3.8) is 0 Å². The van der Waals surface area contributed by atoms with E-state index in [1.54, 1.807) is 0 Å². The first kappa shape index (κ1) is 11.4. The van der Waals surface area contributed by atoms with Crippen molar-refractivity contribution in [2.75, 3.05) is 6.61 Å². The third-order valence-electron chi connectivity index (χ3n) is 4.38. The molecule has 2 nitrogen and oxygen atoms in total. The Labute approximate surface area is 93.6 Å². The van der Waals surface area contributed by atoms with Crippen LogP contribution in [0.5, 0.6) is 0 Å². The molecule has 0 bridgehead atoms. The van der Waals surface area contributed by atoms with Gasteiger partial charge < -0.3 is 10.5 Å². The smallest absolute Gasteiger partial charge is 0.0729 e. The van der Waals surface area contributed by atoms with Crippen molar-refractivity contribution in [3.8, 4) is 0 Å². The van der Waals surface area contributed by atoms with Gasteiger partial charge in [-0.3, -0.25) is 0 Å². The molecule has 2 fully saturated rings. The van der Waals surface area contributed by atoms with Crippen molar-refractivity contribution in [1.29, 1.82) is 0 Å². The molecule has 0 aromatic carbocycles. The van der Waals surface area contributed by atoms with Crippen molar-refractivity contribution in [2.45, 2.75) is 64.0 Å². The monoisotopic (exact) mass is 211 g/mol. The molecule has 2 rings (SSSR count). The average Bonchev–Trinajstić information content (AvgIpc) is 2.81. The van der Waals surface area contributed by atoms with Gasteiger partial charge in [0.15, 0.2) is 0 Å². The number of hydrogen-bond acceptors (Lipinski definition) is 2. The van der Waals surface area contributed by atoms with Crippen LogP contribution in [0.3, 0.4) is 0 Å². The highest BCUT2D eigenvalue weighted by Crippen LogP contribution is 2.36. The molecule has 1 saturated heterocycles. The molecule has 0 spiro atoms. The summed E-state index contributed by atoms with van der Waals surface area (Å²) < 4.78 is 5.74. The van der Waals surface area contributed by atoms with Crippen LogP contribution >= 0.6 is 0 Å². The molecule has 0 aromatic heterocycles. The molecule has 1 aliphatic heterocycles. The van der Waals surface area contributed by atoms with Crippen molar-refractivity contribution >= 4 is 0 Å². The van der Waals surface area contributed by atoms with E-state index in [2.05, 4.69) is 6.92 Å². The van der Waals surface area contributed by atoms with Gasteiger partial charge in [0.2, 0.25) is 0 Å². The Hall–Kier alpha value is -0.0800. The molecule has 15 heavy (non-hydrogen) atoms. The van der Waals surface area contributed by atoms with Crippen molar-refractivity contribution in [3.05, 3.63) is 0 Å². The first-order valence-electron chi connectivity index (χ1n) is 6.70. The summed E-state index contributed by atoms with van der Waals surface area (Å²) in [5.41, 5.74) is 6.39. The highest BCUT2D eigenvalue weighted by atomic mass is 16.5. The fourth-order valence-corrected chi connectivity index (χ4v) is 3.43. The second-order valence-electron chi connectivity index (χ2n) is 5.25. The number of rotatable bonds is 3. The largest absolute Gasteiger partial charge is 0.377 e. The zero-order valence-corrected chi connectivity index (χ0v) is 9.95. The molecule has 2 heteroatoms. The summed E-state index contributed by atoms with van der Waals surface area (Å²) >= 11 is 0. The summed E-state index contributed by atoms with van der Waals surface area (Å²) in [6, 6.07) is 0.303. The predicted molar refractivity (Wildman–Crippen MR) is 62.7 cm³/mol. The lowest BCUT2D eigenvalue weighted by atomic mass is 9.73. The third-order valence-corrected chi connectivity index (χ3v) is 4.38. The van der Waals surface area contributed by atoms with Gasteiger partial charge in [-0.25, -0.2) is 0 Å². The van der Waals surface area contributed by atoms with E-state index in [1.807, 2.05) is 0 Å². The van der Waals surface area contributed by atoms with Crippen LogP contribution in [0.2, 0.25) is 0 Å². The van der Waals surface area contributed by atoms with Crippen LogP contribution in [-0.2, 0) is 4.74 Å². The summed E-state index contributed by atoms with van der Waals surface area (Å²) in [4.78, 5) is 0. The maximum absolute atomic E-state index is 6.39. The van der Waals surface area contributed by atoms with E-state index in [4.69, 9.17) is 10.5 Å². The molecule has 0 amide bonds. The molecule has 1 heterocycles. The summed E-state index contributed by atoms with van der Waals surface area (Å²) in [6.45, 7) is 3.24. The summed E-state index contributed by atoms with van der Waals surface area (Å²) in [6.07, 6.45) is 9.57. The van der Waals surface area contributed by atoms with Crippen molar-refractivity contribution < 1.29 is 4.74 Å². The van der Waals surface area contributed by atoms with Crippen LogP contribution < -0.4 is 5.73 Å². The Morgan fingerprint density at radius 2 is 2.00 bits per heavy atom. The van der Waals surface area contributed by atoms with Gasteiger partial charge in [-0.15, -0.1) is 0 Å². The molecule has 2 aliphatic rings. The van der Waals surface area contributed by atoms with Crippen LogP contribution in [0.1, 0.15) is 51.9 Å². The van der Waals surface area contributed by atoms with Gasteiger partial charge >= 0.3 is 0 Å². The van der Waals surface area contributed by atoms with Crippen LogP contribution in [0, 0.1) is 11.8 Å². The predicted octanol–water partition coefficient (Wildman–Crippen LogP) is 2.71. The number of nitrogens with two attached hydrogens (primary N) is 1. The van der Waals surface area contributed by atoms with E-state index < -0.39 is 0 Å². The van der Waals surface area contributed by atoms with Gasteiger partial charge in [0.25, 0.3) is 0 Å². The molecular formula is C13H25NO. The topological polar surface area (TPSA) is 35.2 Å². The fourth-order valence-electron chi connectivity index (χ4n) is 3.43. The second kappa shape index (κ2) is 5.31. The molecule has 1 aliphatic carbocycles. The third kappa shape index (κ3) is 2.54. The van der Waals surface area contributed by atoms with E-state index in [9.17, 15) is 0 Å². The van der Waals surface area contributed by atoms with Crippen LogP contribution in [0.25, 0.3) is 0 Å². The molecule has 0 aromatic rings. The highest BCUT2D eigenvalue weighted by molar-refractivity contribution is 4.88. The Bertz CT molecular complexity index is 189. The Morgan fingerprint density at radius 3 is 2.67 bits per heavy atom. The lowest BCUT2D eigenvalue weighted by molar-refractivity contribution is 0.0476. The van der Waals surface area contributed by atoms with E-state index >= 15 is 0 Å². The van der Waals surface area contributed by atoms with E-state index in [-0.39, 0.29) is 0 Å². The van der Waals surface area contributed by atoms with Crippen molar-refractivity contribution in [1.82, 2.24) is 0 Å². The average molecular weight is 211 g/mol. The standard InChI is InChI=1S/C13H25NO/c1-2-10-6-3-4-7-11(10)13(14)12-8-5-9-15-12/h10-13H,2-9,14H2,1H3. The minimum atomic E-state index is 0.303. The molecule has 88 valence electrons. The SMILES string of the molecule is CCC1CCCCC1C(N)C1CCCO1. The molecule has 4 atom stereocenters. The normalized spacial score (nSPS) is 39.2. The molecule has 2 N–H and O–H groups in total. The maximum Gasteiger partial charge on any atom is 0.0729 e. The molecule has 1 saturated carbocycles. The van der Waals surface area contributed by atoms with Gasteiger partial charge in [-0.05, 0) is 31.1 Å². The van der Waals surface area contributed by atoms with Crippen LogP contribution in [0.4, 0.5) is 0 Å². The Balaban J connectivity index is 1.93. The fraction of sp³-hybridized carbons (Fsp3) is 1.00. The van der Waals surface area contributed by atoms with E-state index in [0.717, 1.165) is 18.4 Å². The Kier molecular flexibility index (Phi) is 4.04. The van der Waals surface area contributed by atoms with Gasteiger partial charge in [-0.1, -0.05) is 32.6 Å². The first-order valence-corrected chi connectivity index (χ1v) is 6.70. The molecule has 4 unspecified atom stereocenters. The lowest BCUT2D eigenvalue weighted by Gasteiger charge is -2.37. The second-order valence-corrected chi connectivity index (χ2v) is 5.25. The summed E-state index contributed by atoms with van der Waals surface area (Å²) in [7, 11) is 0. The van der Waals surface area contributed by atoms with Crippen LogP contribution in [-0.4, -0.2) is 18.8 Å². The quantitative estimate of drug-likeness (QED) is 0.779. The van der Waals surface area contributed by atoms with Gasteiger partial charge in [0, 0.05) is 12.6 Å². The number of ether oxygens (including phenoxy) is 1. The minimum Gasteiger partial charge on any atom is -0.377 e. The van der Waals surface area contributed by atoms with Gasteiger partial charge in [0.05, 0.1) is 6.10 Å². The zero-order chi connectivity index (χ0) is 10.7. The maximum atomic E-state index is 6.39. The molecular weight excluding hydrogens is 186 g/mol. The van der Waals surface area contributed by atoms with Crippen molar-refractivity contribution in [2.24, 2.45) is 17.6 Å². The highest BCUT2D eigenvalue weighted by Gasteiger charge is 2.34. The lowest BCUT2D eigenvalue weighted by Crippen LogP contribution is -2.45. The van der Waals surface area contributed by atoms with E-state index in [1.165, 1.54) is 44.9 Å². The first-order chi connectivity index (χ1) is 7.33. The van der Waals surface area contributed by atoms with Crippen LogP contribution in [0.15, 0.2) is 0 Å². The zero-order valence-electron chi connectivity index (χ0n) is 9.95. The summed E-state index contributed by atoms with van der Waals surface area (Å²) in [5, 5.41) is 0. The Morgan fingerprint density at radius 1 is 1.20 bits per heavy atom. The number of hydrogen-bond donors (Lipinski definition) is 1. The van der Waals surface area contributed by atoms with Gasteiger partial charge in [-0.2, -0.15) is 0 Å². The molecule has 0 radical (unpaired) electrons. The minimum absolute atomic E-state index is 0.303. The summed E-state index contributed by atoms with van der Waals surface area (Å²) in [5.74, 6) is 1.59.